The number of furan rings is 1. The first-order valence-electron chi connectivity index (χ1n) is 9.74. The summed E-state index contributed by atoms with van der Waals surface area (Å²) in [5.74, 6) is 2.69. The van der Waals surface area contributed by atoms with Gasteiger partial charge in [0, 0.05) is 39.2 Å². The Kier molecular flexibility index (Phi) is 10.1. The lowest BCUT2D eigenvalue weighted by molar-refractivity contribution is 0.208. The van der Waals surface area contributed by atoms with Crippen LogP contribution in [0.5, 0.6) is 5.75 Å². The highest BCUT2D eigenvalue weighted by Crippen LogP contribution is 2.30. The number of rotatable bonds is 9. The Labute approximate surface area is 189 Å². The van der Waals surface area contributed by atoms with E-state index in [-0.39, 0.29) is 24.0 Å². The minimum atomic E-state index is 0. The van der Waals surface area contributed by atoms with Crippen LogP contribution in [0, 0.1) is 0 Å². The molecule has 1 aromatic carbocycles. The van der Waals surface area contributed by atoms with Gasteiger partial charge in [0.15, 0.2) is 5.96 Å². The second-order valence-corrected chi connectivity index (χ2v) is 6.73. The molecule has 0 spiro atoms. The molecular formula is C21H31IN4O3. The van der Waals surface area contributed by atoms with Crippen LogP contribution >= 0.6 is 24.0 Å². The number of para-hydroxylation sites is 2. The van der Waals surface area contributed by atoms with Gasteiger partial charge in [-0.2, -0.15) is 0 Å². The summed E-state index contributed by atoms with van der Waals surface area (Å²) in [7, 11) is 3.41. The largest absolute Gasteiger partial charge is 0.495 e. The predicted molar refractivity (Wildman–Crippen MR) is 127 cm³/mol. The lowest BCUT2D eigenvalue weighted by atomic mass is 10.2. The van der Waals surface area contributed by atoms with Gasteiger partial charge in [-0.25, -0.2) is 0 Å². The third-order valence-electron chi connectivity index (χ3n) is 4.76. The normalized spacial score (nSPS) is 16.4. The van der Waals surface area contributed by atoms with Crippen molar-refractivity contribution in [2.75, 3.05) is 51.9 Å². The smallest absolute Gasteiger partial charge is 0.191 e. The first-order valence-corrected chi connectivity index (χ1v) is 9.74. The van der Waals surface area contributed by atoms with E-state index in [0.717, 1.165) is 55.6 Å². The van der Waals surface area contributed by atoms with Gasteiger partial charge >= 0.3 is 0 Å². The maximum Gasteiger partial charge on any atom is 0.191 e. The molecule has 1 atom stereocenters. The van der Waals surface area contributed by atoms with E-state index < -0.39 is 0 Å². The second-order valence-electron chi connectivity index (χ2n) is 6.73. The quantitative estimate of drug-likeness (QED) is 0.232. The molecule has 1 aliphatic rings. The van der Waals surface area contributed by atoms with Gasteiger partial charge < -0.3 is 29.4 Å². The third-order valence-corrected chi connectivity index (χ3v) is 4.76. The third kappa shape index (κ3) is 7.11. The molecular weight excluding hydrogens is 483 g/mol. The van der Waals surface area contributed by atoms with E-state index in [9.17, 15) is 0 Å². The van der Waals surface area contributed by atoms with Gasteiger partial charge in [-0.3, -0.25) is 4.99 Å². The summed E-state index contributed by atoms with van der Waals surface area (Å²) in [5, 5.41) is 6.96. The molecule has 2 N–H and O–H groups in total. The monoisotopic (exact) mass is 514 g/mol. The summed E-state index contributed by atoms with van der Waals surface area (Å²) in [4.78, 5) is 6.98. The molecule has 1 fully saturated rings. The van der Waals surface area contributed by atoms with E-state index in [4.69, 9.17) is 13.9 Å². The average molecular weight is 514 g/mol. The summed E-state index contributed by atoms with van der Waals surface area (Å²) in [6, 6.07) is 12.4. The maximum absolute atomic E-state index is 5.51. The van der Waals surface area contributed by atoms with E-state index in [1.165, 1.54) is 0 Å². The molecule has 3 rings (SSSR count). The number of nitrogens with one attached hydrogen (secondary N) is 2. The molecule has 2 aromatic rings. The Morgan fingerprint density at radius 2 is 2.10 bits per heavy atom. The highest BCUT2D eigenvalue weighted by Gasteiger charge is 2.25. The Morgan fingerprint density at radius 3 is 2.86 bits per heavy atom. The minimum absolute atomic E-state index is 0. The molecule has 1 aliphatic heterocycles. The molecule has 0 saturated carbocycles. The van der Waals surface area contributed by atoms with Crippen molar-refractivity contribution in [1.82, 2.24) is 10.6 Å². The average Bonchev–Trinajstić information content (AvgIpc) is 3.40. The molecule has 0 bridgehead atoms. The summed E-state index contributed by atoms with van der Waals surface area (Å²) in [6.45, 7) is 3.87. The van der Waals surface area contributed by atoms with Gasteiger partial charge in [-0.1, -0.05) is 12.1 Å². The maximum atomic E-state index is 5.51. The zero-order valence-electron chi connectivity index (χ0n) is 17.1. The van der Waals surface area contributed by atoms with Crippen molar-refractivity contribution in [3.8, 4) is 5.75 Å². The molecule has 2 heterocycles. The number of guanidine groups is 1. The van der Waals surface area contributed by atoms with Crippen LogP contribution < -0.4 is 20.3 Å². The van der Waals surface area contributed by atoms with Crippen molar-refractivity contribution >= 4 is 35.6 Å². The van der Waals surface area contributed by atoms with E-state index in [2.05, 4.69) is 26.6 Å². The molecule has 1 aromatic heterocycles. The van der Waals surface area contributed by atoms with Gasteiger partial charge in [-0.05, 0) is 30.7 Å². The number of benzene rings is 1. The van der Waals surface area contributed by atoms with Crippen LogP contribution in [-0.4, -0.2) is 59.0 Å². The summed E-state index contributed by atoms with van der Waals surface area (Å²) in [6.07, 6.45) is 3.56. The molecule has 160 valence electrons. The fraction of sp³-hybridized carbons (Fsp3) is 0.476. The van der Waals surface area contributed by atoms with Crippen LogP contribution in [0.25, 0.3) is 0 Å². The summed E-state index contributed by atoms with van der Waals surface area (Å²) >= 11 is 0. The molecule has 1 saturated heterocycles. The highest BCUT2D eigenvalue weighted by molar-refractivity contribution is 14.0. The standard InChI is InChI=1S/C21H30N4O3.HI/c1-26-15-12-23-21(22-11-9-18-6-5-14-28-18)24-17-10-13-25(16-17)19-7-3-4-8-20(19)27-2;/h3-8,14,17H,9-13,15-16H2,1-2H3,(H2,22,23,24);1H. The fourth-order valence-corrected chi connectivity index (χ4v) is 3.34. The lowest BCUT2D eigenvalue weighted by Crippen LogP contribution is -2.45. The molecule has 0 amide bonds. The van der Waals surface area contributed by atoms with Gasteiger partial charge in [0.25, 0.3) is 0 Å². The second kappa shape index (κ2) is 12.6. The van der Waals surface area contributed by atoms with Gasteiger partial charge in [-0.15, -0.1) is 24.0 Å². The number of nitrogens with zero attached hydrogens (tertiary/aromatic N) is 2. The summed E-state index contributed by atoms with van der Waals surface area (Å²) in [5.41, 5.74) is 1.14. The van der Waals surface area contributed by atoms with E-state index in [1.807, 2.05) is 30.3 Å². The number of anilines is 1. The Balaban J connectivity index is 0.00000300. The molecule has 7 nitrogen and oxygen atoms in total. The van der Waals surface area contributed by atoms with Crippen molar-refractivity contribution in [2.24, 2.45) is 4.99 Å². The van der Waals surface area contributed by atoms with Crippen molar-refractivity contribution in [2.45, 2.75) is 18.9 Å². The number of hydrogen-bond donors (Lipinski definition) is 2. The molecule has 0 radical (unpaired) electrons. The number of ether oxygens (including phenoxy) is 2. The van der Waals surface area contributed by atoms with Gasteiger partial charge in [0.2, 0.25) is 0 Å². The van der Waals surface area contributed by atoms with Crippen LogP contribution in [0.4, 0.5) is 5.69 Å². The SMILES string of the molecule is COCCN=C(NCCc1ccco1)NC1CCN(c2ccccc2OC)C1.I. The molecule has 29 heavy (non-hydrogen) atoms. The predicted octanol–water partition coefficient (Wildman–Crippen LogP) is 2.91. The fourth-order valence-electron chi connectivity index (χ4n) is 3.34. The number of hydrogen-bond acceptors (Lipinski definition) is 5. The van der Waals surface area contributed by atoms with E-state index in [1.54, 1.807) is 20.5 Å². The zero-order chi connectivity index (χ0) is 19.6. The molecule has 1 unspecified atom stereocenters. The number of aliphatic imine (C=N–C) groups is 1. The minimum Gasteiger partial charge on any atom is -0.495 e. The summed E-state index contributed by atoms with van der Waals surface area (Å²) < 4.78 is 16.0. The Bertz CT molecular complexity index is 739. The number of methoxy groups -OCH3 is 2. The van der Waals surface area contributed by atoms with Crippen LogP contribution in [0.3, 0.4) is 0 Å². The van der Waals surface area contributed by atoms with E-state index >= 15 is 0 Å². The Morgan fingerprint density at radius 1 is 1.24 bits per heavy atom. The van der Waals surface area contributed by atoms with Crippen molar-refractivity contribution in [3.63, 3.8) is 0 Å². The zero-order valence-corrected chi connectivity index (χ0v) is 19.4. The molecule has 0 aliphatic carbocycles. The van der Waals surface area contributed by atoms with Crippen molar-refractivity contribution < 1.29 is 13.9 Å². The highest BCUT2D eigenvalue weighted by atomic mass is 127. The topological polar surface area (TPSA) is 71.3 Å². The van der Waals surface area contributed by atoms with Crippen LogP contribution in [0.15, 0.2) is 52.1 Å². The number of halogens is 1. The first-order chi connectivity index (χ1) is 13.8. The van der Waals surface area contributed by atoms with Crippen molar-refractivity contribution in [1.29, 1.82) is 0 Å². The lowest BCUT2D eigenvalue weighted by Gasteiger charge is -2.22. The van der Waals surface area contributed by atoms with Gasteiger partial charge in [0.05, 0.1) is 32.2 Å². The van der Waals surface area contributed by atoms with Crippen LogP contribution in [-0.2, 0) is 11.2 Å². The van der Waals surface area contributed by atoms with Crippen LogP contribution in [0.2, 0.25) is 0 Å². The van der Waals surface area contributed by atoms with Crippen LogP contribution in [0.1, 0.15) is 12.2 Å². The molecule has 8 heteroatoms. The van der Waals surface area contributed by atoms with Crippen molar-refractivity contribution in [3.05, 3.63) is 48.4 Å². The first kappa shape index (κ1) is 23.3. The Hall–Kier alpha value is -1.94. The van der Waals surface area contributed by atoms with Gasteiger partial charge in [0.1, 0.15) is 11.5 Å². The van der Waals surface area contributed by atoms with E-state index in [0.29, 0.717) is 19.2 Å².